The molecule has 3 aromatic carbocycles. The van der Waals surface area contributed by atoms with Crippen molar-refractivity contribution in [3.05, 3.63) is 65.7 Å². The van der Waals surface area contributed by atoms with Gasteiger partial charge in [0.15, 0.2) is 6.61 Å². The van der Waals surface area contributed by atoms with Crippen LogP contribution in [0.4, 0.5) is 13.2 Å². The smallest absolute Gasteiger partial charge is 0.490 e. The molecular weight excluding hydrogens is 613 g/mol. The Labute approximate surface area is 248 Å². The molecule has 1 fully saturated rings. The van der Waals surface area contributed by atoms with E-state index in [-0.39, 0.29) is 17.9 Å². The van der Waals surface area contributed by atoms with E-state index in [9.17, 15) is 31.2 Å². The van der Waals surface area contributed by atoms with Crippen LogP contribution in [0, 0.1) is 0 Å². The van der Waals surface area contributed by atoms with Crippen LogP contribution in [0.25, 0.3) is 10.8 Å². The quantitative estimate of drug-likeness (QED) is 0.145. The molecule has 13 nitrogen and oxygen atoms in total. The first kappa shape index (κ1) is 33.6. The standard InChI is InChI=1S/C25H26N4O7S.C2HF3O2/c1-35-20-5-3-17-4-6-21(12-18(17)11-20)37(33,34)28-22-8-9-29(25(22)32)14-19-10-16(13-27-26)2-7-23(19)36-15-24(30)31;3-2(4,5)1(6)7/h2-7,10-13,22,28H,8-9,14-15,26H2,1H3,(H,30,31);(H,6,7). The Morgan fingerprint density at radius 1 is 1.11 bits per heavy atom. The highest BCUT2D eigenvalue weighted by Gasteiger charge is 2.38. The van der Waals surface area contributed by atoms with Crippen LogP contribution in [0.2, 0.25) is 0 Å². The van der Waals surface area contributed by atoms with Crippen LogP contribution in [-0.2, 0) is 31.0 Å². The second kappa shape index (κ2) is 14.0. The highest BCUT2D eigenvalue weighted by atomic mass is 32.2. The van der Waals surface area contributed by atoms with Gasteiger partial charge in [-0.25, -0.2) is 18.0 Å². The van der Waals surface area contributed by atoms with Crippen molar-refractivity contribution in [2.24, 2.45) is 10.9 Å². The molecular formula is C27H27F3N4O9S. The molecule has 0 radical (unpaired) electrons. The summed E-state index contributed by atoms with van der Waals surface area (Å²) in [6, 6.07) is 14.1. The number of hydrogen-bond acceptors (Lipinski definition) is 9. The van der Waals surface area contributed by atoms with E-state index in [1.165, 1.54) is 30.4 Å². The third-order valence-electron chi connectivity index (χ3n) is 6.19. The number of carbonyl (C=O) groups is 3. The predicted octanol–water partition coefficient (Wildman–Crippen LogP) is 2.32. The largest absolute Gasteiger partial charge is 0.497 e. The minimum absolute atomic E-state index is 0.0395. The molecule has 3 aromatic rings. The topological polar surface area (TPSA) is 198 Å². The number of carbonyl (C=O) groups excluding carboxylic acids is 1. The van der Waals surface area contributed by atoms with Crippen molar-refractivity contribution >= 4 is 44.9 Å². The molecule has 1 atom stereocenters. The zero-order chi connectivity index (χ0) is 32.7. The number of nitrogens with one attached hydrogen (secondary N) is 1. The number of carboxylic acids is 2. The maximum Gasteiger partial charge on any atom is 0.490 e. The summed E-state index contributed by atoms with van der Waals surface area (Å²) in [6.07, 6.45) is -3.40. The van der Waals surface area contributed by atoms with Crippen molar-refractivity contribution in [1.29, 1.82) is 0 Å². The van der Waals surface area contributed by atoms with Gasteiger partial charge in [-0.2, -0.15) is 23.0 Å². The number of hydrogen-bond donors (Lipinski definition) is 4. The number of rotatable bonds is 10. The Kier molecular flexibility index (Phi) is 10.7. The maximum absolute atomic E-state index is 13.1. The van der Waals surface area contributed by atoms with Crippen molar-refractivity contribution in [2.75, 3.05) is 20.3 Å². The van der Waals surface area contributed by atoms with Gasteiger partial charge in [0.1, 0.15) is 17.5 Å². The lowest BCUT2D eigenvalue weighted by Gasteiger charge is -2.20. The van der Waals surface area contributed by atoms with Crippen LogP contribution in [0.15, 0.2) is 64.6 Å². The number of alkyl halides is 3. The Morgan fingerprint density at radius 3 is 2.41 bits per heavy atom. The first-order valence-corrected chi connectivity index (χ1v) is 14.0. The number of halogens is 3. The van der Waals surface area contributed by atoms with E-state index in [4.69, 9.17) is 30.3 Å². The molecule has 0 bridgehead atoms. The van der Waals surface area contributed by atoms with Crippen LogP contribution < -0.4 is 20.0 Å². The molecule has 1 unspecified atom stereocenters. The van der Waals surface area contributed by atoms with Gasteiger partial charge >= 0.3 is 18.1 Å². The number of ether oxygens (including phenoxy) is 2. The third kappa shape index (κ3) is 8.81. The molecule has 44 heavy (non-hydrogen) atoms. The predicted molar refractivity (Wildman–Crippen MR) is 150 cm³/mol. The van der Waals surface area contributed by atoms with E-state index in [0.717, 1.165) is 5.39 Å². The average molecular weight is 641 g/mol. The Morgan fingerprint density at radius 2 is 1.80 bits per heavy atom. The molecule has 1 heterocycles. The monoisotopic (exact) mass is 640 g/mol. The number of amides is 1. The summed E-state index contributed by atoms with van der Waals surface area (Å²) < 4.78 is 71.0. The lowest BCUT2D eigenvalue weighted by molar-refractivity contribution is -0.192. The minimum Gasteiger partial charge on any atom is -0.497 e. The molecule has 0 aromatic heterocycles. The van der Waals surface area contributed by atoms with E-state index in [1.807, 2.05) is 6.07 Å². The number of carboxylic acid groups (broad SMARTS) is 2. The number of benzene rings is 3. The number of hydrazone groups is 1. The van der Waals surface area contributed by atoms with Crippen LogP contribution in [0.1, 0.15) is 17.5 Å². The SMILES string of the molecule is COc1ccc2ccc(S(=O)(=O)NC3CCN(Cc4cc(C=NN)ccc4OCC(=O)O)C3=O)cc2c1.O=C(O)C(F)(F)F. The van der Waals surface area contributed by atoms with Gasteiger partial charge in [0.25, 0.3) is 0 Å². The van der Waals surface area contributed by atoms with Crippen LogP contribution >= 0.6 is 0 Å². The van der Waals surface area contributed by atoms with Gasteiger partial charge in [-0.3, -0.25) is 4.79 Å². The minimum atomic E-state index is -5.08. The highest BCUT2D eigenvalue weighted by Crippen LogP contribution is 2.27. The first-order valence-electron chi connectivity index (χ1n) is 12.5. The third-order valence-corrected chi connectivity index (χ3v) is 7.66. The lowest BCUT2D eigenvalue weighted by Crippen LogP contribution is -2.41. The number of fused-ring (bicyclic) bond motifs is 1. The van der Waals surface area contributed by atoms with Gasteiger partial charge in [-0.05, 0) is 65.2 Å². The van der Waals surface area contributed by atoms with E-state index in [0.29, 0.717) is 34.6 Å². The Balaban J connectivity index is 0.000000676. The number of nitrogens with two attached hydrogens (primary N) is 1. The van der Waals surface area contributed by atoms with E-state index in [1.54, 1.807) is 36.4 Å². The van der Waals surface area contributed by atoms with Gasteiger partial charge in [-0.1, -0.05) is 12.1 Å². The van der Waals surface area contributed by atoms with Gasteiger partial charge in [0.2, 0.25) is 15.9 Å². The molecule has 4 rings (SSSR count). The van der Waals surface area contributed by atoms with E-state index in [2.05, 4.69) is 9.82 Å². The fraction of sp³-hybridized carbons (Fsp3) is 0.259. The highest BCUT2D eigenvalue weighted by molar-refractivity contribution is 7.89. The summed E-state index contributed by atoms with van der Waals surface area (Å²) in [4.78, 5) is 34.5. The lowest BCUT2D eigenvalue weighted by atomic mass is 10.1. The van der Waals surface area contributed by atoms with Crippen molar-refractivity contribution in [2.45, 2.75) is 30.1 Å². The Bertz CT molecular complexity index is 1680. The van der Waals surface area contributed by atoms with Crippen molar-refractivity contribution < 1.29 is 55.7 Å². The van der Waals surface area contributed by atoms with E-state index < -0.39 is 46.7 Å². The molecule has 1 aliphatic heterocycles. The van der Waals surface area contributed by atoms with Gasteiger partial charge in [0.05, 0.1) is 18.2 Å². The summed E-state index contributed by atoms with van der Waals surface area (Å²) in [5, 5.41) is 21.1. The fourth-order valence-corrected chi connectivity index (χ4v) is 5.39. The van der Waals surface area contributed by atoms with Gasteiger partial charge < -0.3 is 30.4 Å². The van der Waals surface area contributed by atoms with Crippen molar-refractivity contribution in [3.8, 4) is 11.5 Å². The number of sulfonamides is 1. The fourth-order valence-electron chi connectivity index (χ4n) is 4.13. The van der Waals surface area contributed by atoms with Crippen LogP contribution in [0.5, 0.6) is 11.5 Å². The molecule has 1 amide bonds. The molecule has 17 heteroatoms. The summed E-state index contributed by atoms with van der Waals surface area (Å²) in [7, 11) is -2.45. The summed E-state index contributed by atoms with van der Waals surface area (Å²) >= 11 is 0. The normalized spacial score (nSPS) is 15.2. The van der Waals surface area contributed by atoms with Gasteiger partial charge in [-0.15, -0.1) is 0 Å². The van der Waals surface area contributed by atoms with Gasteiger partial charge in [0, 0.05) is 18.7 Å². The second-order valence-corrected chi connectivity index (χ2v) is 10.9. The molecule has 0 aliphatic carbocycles. The van der Waals surface area contributed by atoms with Crippen molar-refractivity contribution in [1.82, 2.24) is 9.62 Å². The molecule has 0 saturated carbocycles. The summed E-state index contributed by atoms with van der Waals surface area (Å²) in [6.45, 7) is -0.159. The second-order valence-electron chi connectivity index (χ2n) is 9.23. The molecule has 236 valence electrons. The summed E-state index contributed by atoms with van der Waals surface area (Å²) in [5.74, 6) is 1.83. The maximum atomic E-state index is 13.1. The zero-order valence-corrected chi connectivity index (χ0v) is 23.8. The average Bonchev–Trinajstić information content (AvgIpc) is 3.29. The van der Waals surface area contributed by atoms with E-state index >= 15 is 0 Å². The van der Waals surface area contributed by atoms with Crippen LogP contribution in [-0.4, -0.2) is 80.1 Å². The zero-order valence-electron chi connectivity index (χ0n) is 22.9. The molecule has 1 saturated heterocycles. The molecule has 1 aliphatic rings. The molecule has 5 N–H and O–H groups in total. The number of nitrogens with zero attached hydrogens (tertiary/aromatic N) is 2. The number of likely N-dealkylation sites (tertiary alicyclic amines) is 1. The summed E-state index contributed by atoms with van der Waals surface area (Å²) in [5.41, 5.74) is 1.18. The number of methoxy groups -OCH3 is 1. The Hall–Kier alpha value is -4.90. The first-order chi connectivity index (χ1) is 20.6. The molecule has 0 spiro atoms. The van der Waals surface area contributed by atoms with Crippen LogP contribution in [0.3, 0.4) is 0 Å². The number of aliphatic carboxylic acids is 2. The van der Waals surface area contributed by atoms with Crippen molar-refractivity contribution in [3.63, 3.8) is 0 Å².